The summed E-state index contributed by atoms with van der Waals surface area (Å²) in [6.45, 7) is 2.87. The Hall–Kier alpha value is -2.17. The molecule has 24 heavy (non-hydrogen) atoms. The minimum absolute atomic E-state index is 0.0536. The molecule has 4 rings (SSSR count). The number of aryl methyl sites for hydroxylation is 1. The molecule has 1 unspecified atom stereocenters. The van der Waals surface area contributed by atoms with Gasteiger partial charge in [0.05, 0.1) is 12.8 Å². The highest BCUT2D eigenvalue weighted by molar-refractivity contribution is 5.83. The second kappa shape index (κ2) is 6.04. The number of urea groups is 1. The maximum absolute atomic E-state index is 12.7. The van der Waals surface area contributed by atoms with Crippen LogP contribution in [-0.2, 0) is 0 Å². The molecule has 0 radical (unpaired) electrons. The van der Waals surface area contributed by atoms with Gasteiger partial charge in [0.1, 0.15) is 11.9 Å². The normalized spacial score (nSPS) is 22.5. The molecular weight excluding hydrogens is 302 g/mol. The first kappa shape index (κ1) is 15.4. The van der Waals surface area contributed by atoms with Crippen LogP contribution in [0.2, 0.25) is 0 Å². The summed E-state index contributed by atoms with van der Waals surface area (Å²) in [6, 6.07) is 4.46. The smallest absolute Gasteiger partial charge is 0.319 e. The van der Waals surface area contributed by atoms with E-state index in [2.05, 4.69) is 29.7 Å². The Morgan fingerprint density at radius 2 is 2.12 bits per heavy atom. The molecule has 2 fully saturated rings. The van der Waals surface area contributed by atoms with Crippen molar-refractivity contribution in [2.24, 2.45) is 0 Å². The van der Waals surface area contributed by atoms with Gasteiger partial charge in [-0.05, 0) is 49.5 Å². The molecule has 5 heteroatoms. The first-order valence-electron chi connectivity index (χ1n) is 8.89. The van der Waals surface area contributed by atoms with Gasteiger partial charge in [0.25, 0.3) is 0 Å². The molecule has 1 aromatic rings. The fourth-order valence-corrected chi connectivity index (χ4v) is 4.11. The molecule has 2 N–H and O–H groups in total. The van der Waals surface area contributed by atoms with E-state index in [1.807, 2.05) is 11.0 Å². The summed E-state index contributed by atoms with van der Waals surface area (Å²) in [5.41, 5.74) is 4.67. The SMILES string of the molecule is COc1ccc(C)c2c1NC1C(=C2)CCN1C(=O)NC1CCCC1. The first-order chi connectivity index (χ1) is 11.7. The lowest BCUT2D eigenvalue weighted by Crippen LogP contribution is -2.49. The lowest BCUT2D eigenvalue weighted by atomic mass is 9.97. The minimum Gasteiger partial charge on any atom is -0.495 e. The molecule has 2 aliphatic heterocycles. The molecule has 0 aromatic heterocycles. The summed E-state index contributed by atoms with van der Waals surface area (Å²) in [5.74, 6) is 0.828. The Bertz CT molecular complexity index is 692. The van der Waals surface area contributed by atoms with Crippen molar-refractivity contribution >= 4 is 17.8 Å². The van der Waals surface area contributed by atoms with Gasteiger partial charge in [0.2, 0.25) is 0 Å². The van der Waals surface area contributed by atoms with Gasteiger partial charge in [0.15, 0.2) is 0 Å². The second-order valence-electron chi connectivity index (χ2n) is 7.01. The predicted octanol–water partition coefficient (Wildman–Crippen LogP) is 3.50. The van der Waals surface area contributed by atoms with Crippen molar-refractivity contribution in [1.29, 1.82) is 0 Å². The monoisotopic (exact) mass is 327 g/mol. The van der Waals surface area contributed by atoms with Gasteiger partial charge in [0, 0.05) is 18.2 Å². The van der Waals surface area contributed by atoms with E-state index in [1.165, 1.54) is 29.5 Å². The quantitative estimate of drug-likeness (QED) is 0.874. The van der Waals surface area contributed by atoms with E-state index in [9.17, 15) is 4.79 Å². The van der Waals surface area contributed by atoms with E-state index in [-0.39, 0.29) is 12.2 Å². The van der Waals surface area contributed by atoms with Crippen LogP contribution in [0, 0.1) is 6.92 Å². The number of anilines is 1. The number of nitrogens with zero attached hydrogens (tertiary/aromatic N) is 1. The van der Waals surface area contributed by atoms with Crippen LogP contribution in [0.1, 0.15) is 43.2 Å². The number of fused-ring (bicyclic) bond motifs is 2. The third-order valence-electron chi connectivity index (χ3n) is 5.50. The van der Waals surface area contributed by atoms with E-state index >= 15 is 0 Å². The molecule has 128 valence electrons. The molecule has 1 atom stereocenters. The molecule has 0 bridgehead atoms. The van der Waals surface area contributed by atoms with Gasteiger partial charge in [-0.15, -0.1) is 0 Å². The Morgan fingerprint density at radius 3 is 2.88 bits per heavy atom. The molecular formula is C19H25N3O2. The molecule has 0 spiro atoms. The lowest BCUT2D eigenvalue weighted by Gasteiger charge is -2.32. The zero-order chi connectivity index (χ0) is 16.7. The summed E-state index contributed by atoms with van der Waals surface area (Å²) in [7, 11) is 1.69. The van der Waals surface area contributed by atoms with Crippen molar-refractivity contribution in [2.75, 3.05) is 19.0 Å². The van der Waals surface area contributed by atoms with Gasteiger partial charge in [-0.25, -0.2) is 4.79 Å². The number of hydrogen-bond donors (Lipinski definition) is 2. The van der Waals surface area contributed by atoms with Gasteiger partial charge >= 0.3 is 6.03 Å². The molecule has 3 aliphatic rings. The maximum atomic E-state index is 12.7. The van der Waals surface area contributed by atoms with Crippen LogP contribution in [0.4, 0.5) is 10.5 Å². The fourth-order valence-electron chi connectivity index (χ4n) is 4.11. The van der Waals surface area contributed by atoms with E-state index in [0.29, 0.717) is 6.04 Å². The number of carbonyl (C=O) groups excluding carboxylic acids is 1. The zero-order valence-electron chi connectivity index (χ0n) is 14.4. The van der Waals surface area contributed by atoms with Crippen LogP contribution >= 0.6 is 0 Å². The van der Waals surface area contributed by atoms with E-state index in [4.69, 9.17) is 4.74 Å². The maximum Gasteiger partial charge on any atom is 0.319 e. The van der Waals surface area contributed by atoms with Crippen LogP contribution < -0.4 is 15.4 Å². The standard InChI is InChI=1S/C19H25N3O2/c1-12-7-8-16(24-2)17-15(12)11-13-9-10-22(18(13)21-17)19(23)20-14-5-3-4-6-14/h7-8,11,14,18,21H,3-6,9-10H2,1-2H3,(H,20,23). The predicted molar refractivity (Wildman–Crippen MR) is 95.2 cm³/mol. The van der Waals surface area contributed by atoms with Crippen molar-refractivity contribution in [3.05, 3.63) is 28.8 Å². The molecule has 5 nitrogen and oxygen atoms in total. The third-order valence-corrected chi connectivity index (χ3v) is 5.50. The topological polar surface area (TPSA) is 53.6 Å². The van der Waals surface area contributed by atoms with Gasteiger partial charge in [-0.3, -0.25) is 0 Å². The number of nitrogens with one attached hydrogen (secondary N) is 2. The van der Waals surface area contributed by atoms with Gasteiger partial charge < -0.3 is 20.3 Å². The number of carbonyl (C=O) groups is 1. The van der Waals surface area contributed by atoms with Crippen LogP contribution in [0.25, 0.3) is 6.08 Å². The number of hydrogen-bond acceptors (Lipinski definition) is 3. The fraction of sp³-hybridized carbons (Fsp3) is 0.526. The van der Waals surface area contributed by atoms with Crippen LogP contribution in [0.5, 0.6) is 5.75 Å². The number of likely N-dealkylation sites (tertiary alicyclic amines) is 1. The van der Waals surface area contributed by atoms with Crippen molar-refractivity contribution < 1.29 is 9.53 Å². The van der Waals surface area contributed by atoms with E-state index in [0.717, 1.165) is 37.2 Å². The summed E-state index contributed by atoms with van der Waals surface area (Å²) in [4.78, 5) is 14.6. The van der Waals surface area contributed by atoms with Crippen LogP contribution in [-0.4, -0.2) is 36.8 Å². The van der Waals surface area contributed by atoms with Crippen molar-refractivity contribution in [3.8, 4) is 5.75 Å². The Balaban J connectivity index is 1.58. The van der Waals surface area contributed by atoms with E-state index in [1.54, 1.807) is 7.11 Å². The summed E-state index contributed by atoms with van der Waals surface area (Å²) in [5, 5.41) is 6.75. The zero-order valence-corrected chi connectivity index (χ0v) is 14.4. The third kappa shape index (κ3) is 2.52. The average Bonchev–Trinajstić information content (AvgIpc) is 3.23. The second-order valence-corrected chi connectivity index (χ2v) is 7.01. The summed E-state index contributed by atoms with van der Waals surface area (Å²) in [6.07, 6.45) is 7.76. The molecule has 1 saturated heterocycles. The van der Waals surface area contributed by atoms with E-state index < -0.39 is 0 Å². The van der Waals surface area contributed by atoms with Crippen LogP contribution in [0.3, 0.4) is 0 Å². The number of benzene rings is 1. The molecule has 1 aromatic carbocycles. The highest BCUT2D eigenvalue weighted by atomic mass is 16.5. The highest BCUT2D eigenvalue weighted by Gasteiger charge is 2.37. The number of rotatable bonds is 2. The van der Waals surface area contributed by atoms with Crippen molar-refractivity contribution in [1.82, 2.24) is 10.2 Å². The van der Waals surface area contributed by atoms with Crippen molar-refractivity contribution in [3.63, 3.8) is 0 Å². The Labute approximate surface area is 143 Å². The number of ether oxygens (including phenoxy) is 1. The van der Waals surface area contributed by atoms with Crippen LogP contribution in [0.15, 0.2) is 17.7 Å². The highest BCUT2D eigenvalue weighted by Crippen LogP contribution is 2.40. The molecule has 2 amide bonds. The average molecular weight is 327 g/mol. The summed E-state index contributed by atoms with van der Waals surface area (Å²) < 4.78 is 5.51. The Morgan fingerprint density at radius 1 is 1.33 bits per heavy atom. The molecule has 1 aliphatic carbocycles. The van der Waals surface area contributed by atoms with Gasteiger partial charge in [-0.1, -0.05) is 18.9 Å². The number of methoxy groups -OCH3 is 1. The largest absolute Gasteiger partial charge is 0.495 e. The first-order valence-corrected chi connectivity index (χ1v) is 8.89. The lowest BCUT2D eigenvalue weighted by molar-refractivity contribution is 0.196. The summed E-state index contributed by atoms with van der Waals surface area (Å²) >= 11 is 0. The minimum atomic E-state index is -0.0606. The van der Waals surface area contributed by atoms with Gasteiger partial charge in [-0.2, -0.15) is 0 Å². The molecule has 1 saturated carbocycles. The molecule has 2 heterocycles. The van der Waals surface area contributed by atoms with Crippen molar-refractivity contribution in [2.45, 2.75) is 51.2 Å². The number of amides is 2. The Kier molecular flexibility index (Phi) is 3.87.